The number of rotatable bonds is 6. The first-order valence-electron chi connectivity index (χ1n) is 9.49. The van der Waals surface area contributed by atoms with Crippen LogP contribution in [0.15, 0.2) is 11.2 Å². The van der Waals surface area contributed by atoms with Crippen molar-refractivity contribution in [1.82, 2.24) is 30.4 Å². The third-order valence-electron chi connectivity index (χ3n) is 4.86. The standard InChI is InChI=1S/C18H29N7S/c1-4-15-10-19-17(26-15)12-21-18(22-14-8-6-5-7-9-14)20-11-16-24-23-13(2)25(16)3/h10,14H,4-9,11-12H2,1-3H3,(H2,20,21,22). The molecule has 2 heterocycles. The van der Waals surface area contributed by atoms with Gasteiger partial charge < -0.3 is 15.2 Å². The van der Waals surface area contributed by atoms with E-state index >= 15 is 0 Å². The van der Waals surface area contributed by atoms with Gasteiger partial charge in [0.15, 0.2) is 11.8 Å². The zero-order chi connectivity index (χ0) is 18.4. The molecule has 0 spiro atoms. The lowest BCUT2D eigenvalue weighted by molar-refractivity contribution is 0.409. The minimum Gasteiger partial charge on any atom is -0.354 e. The smallest absolute Gasteiger partial charge is 0.192 e. The molecule has 1 fully saturated rings. The number of nitrogens with one attached hydrogen (secondary N) is 2. The van der Waals surface area contributed by atoms with Gasteiger partial charge >= 0.3 is 0 Å². The van der Waals surface area contributed by atoms with E-state index in [0.717, 1.165) is 29.0 Å². The average molecular weight is 376 g/mol. The maximum Gasteiger partial charge on any atom is 0.192 e. The number of hydrogen-bond donors (Lipinski definition) is 2. The van der Waals surface area contributed by atoms with Gasteiger partial charge in [0.1, 0.15) is 17.4 Å². The zero-order valence-electron chi connectivity index (χ0n) is 16.0. The molecule has 0 bridgehead atoms. The van der Waals surface area contributed by atoms with E-state index in [-0.39, 0.29) is 0 Å². The van der Waals surface area contributed by atoms with Crippen molar-refractivity contribution < 1.29 is 0 Å². The van der Waals surface area contributed by atoms with Crippen LogP contribution in [0.25, 0.3) is 0 Å². The van der Waals surface area contributed by atoms with E-state index in [9.17, 15) is 0 Å². The van der Waals surface area contributed by atoms with Gasteiger partial charge in [-0.1, -0.05) is 26.2 Å². The van der Waals surface area contributed by atoms with Crippen LogP contribution >= 0.6 is 11.3 Å². The summed E-state index contributed by atoms with van der Waals surface area (Å²) < 4.78 is 1.98. The van der Waals surface area contributed by atoms with Crippen molar-refractivity contribution in [2.24, 2.45) is 12.0 Å². The van der Waals surface area contributed by atoms with Crippen molar-refractivity contribution in [3.8, 4) is 0 Å². The van der Waals surface area contributed by atoms with Crippen LogP contribution < -0.4 is 10.6 Å². The summed E-state index contributed by atoms with van der Waals surface area (Å²) in [6.07, 6.45) is 9.34. The van der Waals surface area contributed by atoms with E-state index in [1.54, 1.807) is 11.3 Å². The van der Waals surface area contributed by atoms with Gasteiger partial charge in [0.05, 0.1) is 6.54 Å². The lowest BCUT2D eigenvalue weighted by Crippen LogP contribution is -2.44. The molecular weight excluding hydrogens is 346 g/mol. The molecule has 0 saturated heterocycles. The first kappa shape index (κ1) is 18.8. The summed E-state index contributed by atoms with van der Waals surface area (Å²) in [6.45, 7) is 5.32. The van der Waals surface area contributed by atoms with Crippen molar-refractivity contribution in [2.45, 2.75) is 71.5 Å². The molecule has 142 valence electrons. The van der Waals surface area contributed by atoms with Crippen LogP contribution in [0.3, 0.4) is 0 Å². The molecule has 1 saturated carbocycles. The third-order valence-corrected chi connectivity index (χ3v) is 6.01. The van der Waals surface area contributed by atoms with E-state index in [1.165, 1.54) is 37.0 Å². The molecule has 0 aliphatic heterocycles. The highest BCUT2D eigenvalue weighted by atomic mass is 32.1. The van der Waals surface area contributed by atoms with Crippen molar-refractivity contribution >= 4 is 17.3 Å². The van der Waals surface area contributed by atoms with E-state index in [1.807, 2.05) is 24.7 Å². The summed E-state index contributed by atoms with van der Waals surface area (Å²) in [6, 6.07) is 0.499. The Hall–Kier alpha value is -1.96. The molecule has 0 amide bonds. The fourth-order valence-corrected chi connectivity index (χ4v) is 3.89. The Morgan fingerprint density at radius 1 is 1.31 bits per heavy atom. The minimum atomic E-state index is 0.499. The normalized spacial score (nSPS) is 16.0. The SMILES string of the molecule is CCc1cnc(CNC(=NCc2nnc(C)n2C)NC2CCCCC2)s1. The number of aromatic nitrogens is 4. The summed E-state index contributed by atoms with van der Waals surface area (Å²) in [7, 11) is 1.98. The molecule has 0 atom stereocenters. The molecule has 2 N–H and O–H groups in total. The second-order valence-corrected chi connectivity index (χ2v) is 7.99. The summed E-state index contributed by atoms with van der Waals surface area (Å²) in [5.74, 6) is 2.61. The van der Waals surface area contributed by atoms with Crippen LogP contribution in [0, 0.1) is 6.92 Å². The van der Waals surface area contributed by atoms with Crippen LogP contribution in [0.2, 0.25) is 0 Å². The Bertz CT molecular complexity index is 728. The second kappa shape index (κ2) is 9.12. The van der Waals surface area contributed by atoms with Crippen molar-refractivity contribution in [1.29, 1.82) is 0 Å². The fourth-order valence-electron chi connectivity index (χ4n) is 3.08. The van der Waals surface area contributed by atoms with Gasteiger partial charge in [-0.15, -0.1) is 21.5 Å². The Kier molecular flexibility index (Phi) is 6.60. The van der Waals surface area contributed by atoms with Crippen LogP contribution in [0.5, 0.6) is 0 Å². The predicted molar refractivity (Wildman–Crippen MR) is 105 cm³/mol. The lowest BCUT2D eigenvalue weighted by Gasteiger charge is -2.25. The van der Waals surface area contributed by atoms with Crippen molar-refractivity contribution in [2.75, 3.05) is 0 Å². The first-order valence-corrected chi connectivity index (χ1v) is 10.3. The Labute approximate surface area is 159 Å². The minimum absolute atomic E-state index is 0.499. The van der Waals surface area contributed by atoms with E-state index in [0.29, 0.717) is 19.1 Å². The number of nitrogens with zero attached hydrogens (tertiary/aromatic N) is 5. The van der Waals surface area contributed by atoms with Gasteiger partial charge in [0.25, 0.3) is 0 Å². The van der Waals surface area contributed by atoms with E-state index in [4.69, 9.17) is 4.99 Å². The third kappa shape index (κ3) is 5.03. The summed E-state index contributed by atoms with van der Waals surface area (Å²) >= 11 is 1.76. The van der Waals surface area contributed by atoms with Gasteiger partial charge in [-0.05, 0) is 26.2 Å². The number of hydrogen-bond acceptors (Lipinski definition) is 5. The molecule has 7 nitrogen and oxygen atoms in total. The monoisotopic (exact) mass is 375 g/mol. The highest BCUT2D eigenvalue weighted by Gasteiger charge is 2.15. The molecule has 1 aliphatic carbocycles. The quantitative estimate of drug-likeness (QED) is 0.599. The van der Waals surface area contributed by atoms with Gasteiger partial charge in [0.2, 0.25) is 0 Å². The molecule has 0 radical (unpaired) electrons. The molecule has 2 aromatic rings. The van der Waals surface area contributed by atoms with Gasteiger partial charge in [-0.3, -0.25) is 0 Å². The Balaban J connectivity index is 1.65. The van der Waals surface area contributed by atoms with Crippen LogP contribution in [0.1, 0.15) is 60.6 Å². The predicted octanol–water partition coefficient (Wildman–Crippen LogP) is 2.71. The number of guanidine groups is 1. The zero-order valence-corrected chi connectivity index (χ0v) is 16.8. The summed E-state index contributed by atoms with van der Waals surface area (Å²) in [5.41, 5.74) is 0. The molecule has 26 heavy (non-hydrogen) atoms. The highest BCUT2D eigenvalue weighted by molar-refractivity contribution is 7.11. The Morgan fingerprint density at radius 3 is 2.77 bits per heavy atom. The van der Waals surface area contributed by atoms with Gasteiger partial charge in [0, 0.05) is 24.2 Å². The van der Waals surface area contributed by atoms with Crippen molar-refractivity contribution in [3.05, 3.63) is 27.7 Å². The summed E-state index contributed by atoms with van der Waals surface area (Å²) in [4.78, 5) is 10.6. The molecule has 2 aromatic heterocycles. The van der Waals surface area contributed by atoms with E-state index in [2.05, 4.69) is 32.7 Å². The van der Waals surface area contributed by atoms with Gasteiger partial charge in [-0.25, -0.2) is 9.98 Å². The number of aryl methyl sites for hydroxylation is 2. The average Bonchev–Trinajstić information content (AvgIpc) is 3.26. The fraction of sp³-hybridized carbons (Fsp3) is 0.667. The molecule has 0 unspecified atom stereocenters. The molecule has 3 rings (SSSR count). The largest absolute Gasteiger partial charge is 0.354 e. The molecule has 1 aliphatic rings. The second-order valence-electron chi connectivity index (χ2n) is 6.79. The van der Waals surface area contributed by atoms with E-state index < -0.39 is 0 Å². The topological polar surface area (TPSA) is 80.0 Å². The first-order chi connectivity index (χ1) is 12.7. The van der Waals surface area contributed by atoms with Crippen LogP contribution in [-0.4, -0.2) is 31.7 Å². The van der Waals surface area contributed by atoms with Crippen molar-refractivity contribution in [3.63, 3.8) is 0 Å². The maximum atomic E-state index is 4.75. The molecule has 8 heteroatoms. The van der Waals surface area contributed by atoms with Crippen LogP contribution in [-0.2, 0) is 26.6 Å². The van der Waals surface area contributed by atoms with Gasteiger partial charge in [-0.2, -0.15) is 0 Å². The van der Waals surface area contributed by atoms with Crippen LogP contribution in [0.4, 0.5) is 0 Å². The number of thiazole rings is 1. The number of aliphatic imine (C=N–C) groups is 1. The Morgan fingerprint density at radius 2 is 2.12 bits per heavy atom. The molecule has 0 aromatic carbocycles. The summed E-state index contributed by atoms with van der Waals surface area (Å²) in [5, 5.41) is 16.5. The highest BCUT2D eigenvalue weighted by Crippen LogP contribution is 2.17. The lowest BCUT2D eigenvalue weighted by atomic mass is 9.96. The maximum absolute atomic E-state index is 4.75. The molecular formula is C18H29N7S.